The Morgan fingerprint density at radius 1 is 1.00 bits per heavy atom. The summed E-state index contributed by atoms with van der Waals surface area (Å²) in [6.07, 6.45) is 1.41. The molecule has 0 radical (unpaired) electrons. The van der Waals surface area contributed by atoms with E-state index >= 15 is 0 Å². The number of halogens is 3. The fourth-order valence-corrected chi connectivity index (χ4v) is 4.72. The Kier molecular flexibility index (Phi) is 2.95. The maximum Gasteiger partial charge on any atom is 0.418 e. The van der Waals surface area contributed by atoms with E-state index in [0.29, 0.717) is 0 Å². The molecular weight excluding hydrogens is 345 g/mol. The minimum Gasteiger partial charge on any atom is -0.274 e. The van der Waals surface area contributed by atoms with Crippen LogP contribution < -0.4 is 4.90 Å². The fourth-order valence-electron chi connectivity index (χ4n) is 4.72. The number of alkyl halides is 3. The molecule has 5 rings (SSSR count). The summed E-state index contributed by atoms with van der Waals surface area (Å²) in [5, 5.41) is 0.157. The lowest BCUT2D eigenvalue weighted by Gasteiger charge is -2.20. The number of aromatic nitrogens is 1. The van der Waals surface area contributed by atoms with E-state index in [2.05, 4.69) is 4.98 Å². The zero-order valence-corrected chi connectivity index (χ0v) is 13.4. The predicted molar refractivity (Wildman–Crippen MR) is 87.0 cm³/mol. The molecule has 3 aliphatic rings. The predicted octanol–water partition coefficient (Wildman–Crippen LogP) is 3.57. The van der Waals surface area contributed by atoms with Gasteiger partial charge in [-0.1, -0.05) is 24.3 Å². The van der Waals surface area contributed by atoms with Gasteiger partial charge in [0.1, 0.15) is 0 Å². The third-order valence-corrected chi connectivity index (χ3v) is 5.76. The lowest BCUT2D eigenvalue weighted by molar-refractivity contribution is -0.136. The first-order valence-electron chi connectivity index (χ1n) is 8.39. The molecular formula is C19H13F3N2O2. The molecule has 1 aromatic carbocycles. The molecule has 2 aromatic rings. The van der Waals surface area contributed by atoms with E-state index in [9.17, 15) is 22.8 Å². The number of hydrogen-bond acceptors (Lipinski definition) is 3. The minimum atomic E-state index is -4.57. The zero-order chi connectivity index (χ0) is 18.2. The summed E-state index contributed by atoms with van der Waals surface area (Å²) in [4.78, 5) is 30.8. The van der Waals surface area contributed by atoms with Gasteiger partial charge in [-0.25, -0.2) is 4.90 Å². The van der Waals surface area contributed by atoms with Gasteiger partial charge in [0, 0.05) is 11.6 Å². The van der Waals surface area contributed by atoms with Gasteiger partial charge >= 0.3 is 6.18 Å². The lowest BCUT2D eigenvalue weighted by Crippen LogP contribution is -2.33. The number of benzene rings is 1. The first kappa shape index (κ1) is 15.5. The van der Waals surface area contributed by atoms with Gasteiger partial charge < -0.3 is 0 Å². The Bertz CT molecular complexity index is 968. The molecule has 26 heavy (non-hydrogen) atoms. The molecule has 7 heteroatoms. The molecule has 4 atom stereocenters. The molecule has 1 saturated heterocycles. The van der Waals surface area contributed by atoms with E-state index in [1.165, 1.54) is 24.4 Å². The standard InChI is InChI=1S/C19H13F3N2O2/c20-19(21,22)12-3-1-2-11-13(6-7-23-16(11)12)24-17(25)14-9-4-5-10(8-9)15(14)18(24)26/h1-7,9-10,14-15H,8H2. The van der Waals surface area contributed by atoms with Crippen LogP contribution >= 0.6 is 0 Å². The fraction of sp³-hybridized carbons (Fsp3) is 0.316. The van der Waals surface area contributed by atoms with Gasteiger partial charge in [-0.15, -0.1) is 0 Å². The maximum atomic E-state index is 13.3. The molecule has 4 unspecified atom stereocenters. The van der Waals surface area contributed by atoms with Crippen molar-refractivity contribution in [2.75, 3.05) is 4.90 Å². The molecule has 2 aliphatic carbocycles. The molecule has 2 fully saturated rings. The summed E-state index contributed by atoms with van der Waals surface area (Å²) in [5.41, 5.74) is -0.945. The van der Waals surface area contributed by atoms with Crippen LogP contribution in [0.25, 0.3) is 10.9 Å². The highest BCUT2D eigenvalue weighted by atomic mass is 19.4. The second-order valence-corrected chi connectivity index (χ2v) is 7.04. The molecule has 2 heterocycles. The highest BCUT2D eigenvalue weighted by Crippen LogP contribution is 2.53. The van der Waals surface area contributed by atoms with Crippen molar-refractivity contribution < 1.29 is 22.8 Å². The van der Waals surface area contributed by atoms with Crippen LogP contribution in [0.5, 0.6) is 0 Å². The van der Waals surface area contributed by atoms with Crippen molar-refractivity contribution in [3.8, 4) is 0 Å². The third kappa shape index (κ3) is 1.88. The molecule has 1 aliphatic heterocycles. The molecule has 0 N–H and O–H groups in total. The Morgan fingerprint density at radius 2 is 1.65 bits per heavy atom. The van der Waals surface area contributed by atoms with Gasteiger partial charge in [0.2, 0.25) is 11.8 Å². The van der Waals surface area contributed by atoms with Crippen molar-refractivity contribution in [1.82, 2.24) is 4.98 Å². The number of rotatable bonds is 1. The Hall–Kier alpha value is -2.70. The average molecular weight is 358 g/mol. The van der Waals surface area contributed by atoms with Crippen molar-refractivity contribution in [2.24, 2.45) is 23.7 Å². The number of fused-ring (bicyclic) bond motifs is 6. The van der Waals surface area contributed by atoms with Crippen LogP contribution in [-0.2, 0) is 15.8 Å². The summed E-state index contributed by atoms with van der Waals surface area (Å²) in [6.45, 7) is 0. The van der Waals surface area contributed by atoms with Crippen LogP contribution in [0, 0.1) is 23.7 Å². The number of para-hydroxylation sites is 1. The smallest absolute Gasteiger partial charge is 0.274 e. The minimum absolute atomic E-state index is 0.0466. The van der Waals surface area contributed by atoms with E-state index in [4.69, 9.17) is 0 Å². The summed E-state index contributed by atoms with van der Waals surface area (Å²) in [7, 11) is 0. The second-order valence-electron chi connectivity index (χ2n) is 7.04. The third-order valence-electron chi connectivity index (χ3n) is 5.76. The topological polar surface area (TPSA) is 50.3 Å². The molecule has 132 valence electrons. The van der Waals surface area contributed by atoms with Gasteiger partial charge in [-0.2, -0.15) is 13.2 Å². The first-order valence-corrected chi connectivity index (χ1v) is 8.39. The van der Waals surface area contributed by atoms with Gasteiger partial charge in [0.05, 0.1) is 28.6 Å². The van der Waals surface area contributed by atoms with E-state index in [-0.39, 0.29) is 40.2 Å². The molecule has 1 aromatic heterocycles. The zero-order valence-electron chi connectivity index (χ0n) is 13.4. The van der Waals surface area contributed by atoms with Gasteiger partial charge in [0.25, 0.3) is 0 Å². The normalized spacial score (nSPS) is 29.9. The Balaban J connectivity index is 1.67. The van der Waals surface area contributed by atoms with Crippen LogP contribution in [0.4, 0.5) is 18.9 Å². The van der Waals surface area contributed by atoms with E-state index in [1.807, 2.05) is 12.2 Å². The van der Waals surface area contributed by atoms with Gasteiger partial charge in [-0.05, 0) is 30.4 Å². The van der Waals surface area contributed by atoms with Crippen LogP contribution in [-0.4, -0.2) is 16.8 Å². The molecule has 4 nitrogen and oxygen atoms in total. The molecule has 2 amide bonds. The number of amides is 2. The lowest BCUT2D eigenvalue weighted by atomic mass is 9.85. The first-order chi connectivity index (χ1) is 12.4. The average Bonchev–Trinajstić information content (AvgIpc) is 3.27. The van der Waals surface area contributed by atoms with Crippen LogP contribution in [0.2, 0.25) is 0 Å². The number of hydrogen-bond donors (Lipinski definition) is 0. The number of imide groups is 1. The van der Waals surface area contributed by atoms with E-state index in [1.54, 1.807) is 0 Å². The molecule has 0 spiro atoms. The number of pyridine rings is 1. The molecule has 1 saturated carbocycles. The highest BCUT2D eigenvalue weighted by molar-refractivity contribution is 6.25. The SMILES string of the molecule is O=C1C2C3C=CC(C3)C2C(=O)N1c1ccnc2c(C(F)(F)F)cccc12. The van der Waals surface area contributed by atoms with Gasteiger partial charge in [0.15, 0.2) is 0 Å². The second kappa shape index (κ2) is 4.93. The van der Waals surface area contributed by atoms with Gasteiger partial charge in [-0.3, -0.25) is 14.6 Å². The number of allylic oxidation sites excluding steroid dienone is 2. The summed E-state index contributed by atoms with van der Waals surface area (Å²) >= 11 is 0. The summed E-state index contributed by atoms with van der Waals surface area (Å²) < 4.78 is 39.8. The summed E-state index contributed by atoms with van der Waals surface area (Å²) in [6, 6.07) is 5.13. The van der Waals surface area contributed by atoms with Crippen molar-refractivity contribution in [1.29, 1.82) is 0 Å². The van der Waals surface area contributed by atoms with Crippen LogP contribution in [0.15, 0.2) is 42.6 Å². The maximum absolute atomic E-state index is 13.3. The van der Waals surface area contributed by atoms with Crippen molar-refractivity contribution >= 4 is 28.4 Å². The highest BCUT2D eigenvalue weighted by Gasteiger charge is 2.59. The Morgan fingerprint density at radius 3 is 2.27 bits per heavy atom. The quantitative estimate of drug-likeness (QED) is 0.579. The molecule has 2 bridgehead atoms. The van der Waals surface area contributed by atoms with Crippen LogP contribution in [0.3, 0.4) is 0 Å². The van der Waals surface area contributed by atoms with Crippen molar-refractivity contribution in [3.63, 3.8) is 0 Å². The number of carbonyl (C=O) groups is 2. The van der Waals surface area contributed by atoms with E-state index < -0.39 is 23.6 Å². The summed E-state index contributed by atoms with van der Waals surface area (Å²) in [5.74, 6) is -1.34. The Labute approximate surface area is 146 Å². The van der Waals surface area contributed by atoms with Crippen molar-refractivity contribution in [2.45, 2.75) is 12.6 Å². The number of nitrogens with zero attached hydrogens (tertiary/aromatic N) is 2. The largest absolute Gasteiger partial charge is 0.418 e. The monoisotopic (exact) mass is 358 g/mol. The number of carbonyl (C=O) groups excluding carboxylic acids is 2. The van der Waals surface area contributed by atoms with Crippen molar-refractivity contribution in [3.05, 3.63) is 48.2 Å². The van der Waals surface area contributed by atoms with E-state index in [0.717, 1.165) is 17.4 Å². The number of anilines is 1. The van der Waals surface area contributed by atoms with Crippen LogP contribution in [0.1, 0.15) is 12.0 Å².